The third kappa shape index (κ3) is 4.86. The number of hydrogen-bond acceptors (Lipinski definition) is 3. The van der Waals surface area contributed by atoms with Crippen molar-refractivity contribution in [3.8, 4) is 0 Å². The van der Waals surface area contributed by atoms with Crippen LogP contribution in [0.4, 0.5) is 0 Å². The van der Waals surface area contributed by atoms with Crippen LogP contribution in [0, 0.1) is 5.92 Å². The van der Waals surface area contributed by atoms with E-state index in [0.717, 1.165) is 31.5 Å². The number of rotatable bonds is 5. The van der Waals surface area contributed by atoms with E-state index in [4.69, 9.17) is 5.73 Å². The zero-order chi connectivity index (χ0) is 15.1. The van der Waals surface area contributed by atoms with Gasteiger partial charge in [-0.05, 0) is 30.9 Å². The van der Waals surface area contributed by atoms with Gasteiger partial charge >= 0.3 is 0 Å². The Balaban J connectivity index is 1.70. The Labute approximate surface area is 125 Å². The molecule has 1 aromatic carbocycles. The standard InChI is InChI=1S/C16H23N3O2/c17-11-14-6-8-19(9-7-14)16(21)12-18-15(20)10-13-4-2-1-3-5-13/h1-5,14H,6-12,17H2,(H,18,20). The first-order chi connectivity index (χ1) is 10.2. The third-order valence-corrected chi connectivity index (χ3v) is 3.94. The quantitative estimate of drug-likeness (QED) is 0.831. The molecule has 1 aliphatic rings. The second-order valence-corrected chi connectivity index (χ2v) is 5.50. The summed E-state index contributed by atoms with van der Waals surface area (Å²) in [5, 5.41) is 2.70. The molecule has 114 valence electrons. The van der Waals surface area contributed by atoms with Crippen LogP contribution in [0.2, 0.25) is 0 Å². The Hall–Kier alpha value is -1.88. The summed E-state index contributed by atoms with van der Waals surface area (Å²) in [7, 11) is 0. The van der Waals surface area contributed by atoms with Gasteiger partial charge in [0.1, 0.15) is 0 Å². The van der Waals surface area contributed by atoms with Crippen LogP contribution < -0.4 is 11.1 Å². The summed E-state index contributed by atoms with van der Waals surface area (Å²) >= 11 is 0. The molecule has 0 atom stereocenters. The fourth-order valence-corrected chi connectivity index (χ4v) is 2.55. The highest BCUT2D eigenvalue weighted by molar-refractivity contribution is 5.85. The Morgan fingerprint density at radius 2 is 1.86 bits per heavy atom. The van der Waals surface area contributed by atoms with Gasteiger partial charge in [-0.15, -0.1) is 0 Å². The van der Waals surface area contributed by atoms with E-state index in [0.29, 0.717) is 18.9 Å². The predicted molar refractivity (Wildman–Crippen MR) is 81.5 cm³/mol. The monoisotopic (exact) mass is 289 g/mol. The molecule has 5 heteroatoms. The molecule has 2 amide bonds. The number of carbonyl (C=O) groups is 2. The number of carbonyl (C=O) groups excluding carboxylic acids is 2. The van der Waals surface area contributed by atoms with Gasteiger partial charge in [0.25, 0.3) is 0 Å². The molecule has 0 bridgehead atoms. The van der Waals surface area contributed by atoms with Crippen molar-refractivity contribution in [1.82, 2.24) is 10.2 Å². The highest BCUT2D eigenvalue weighted by Gasteiger charge is 2.21. The van der Waals surface area contributed by atoms with Crippen molar-refractivity contribution in [2.45, 2.75) is 19.3 Å². The summed E-state index contributed by atoms with van der Waals surface area (Å²) in [5.41, 5.74) is 6.59. The van der Waals surface area contributed by atoms with Gasteiger partial charge in [-0.1, -0.05) is 30.3 Å². The van der Waals surface area contributed by atoms with Crippen LogP contribution in [0.1, 0.15) is 18.4 Å². The maximum Gasteiger partial charge on any atom is 0.241 e. The molecule has 5 nitrogen and oxygen atoms in total. The van der Waals surface area contributed by atoms with E-state index in [9.17, 15) is 9.59 Å². The van der Waals surface area contributed by atoms with Gasteiger partial charge in [0.2, 0.25) is 11.8 Å². The van der Waals surface area contributed by atoms with Crippen LogP contribution in [0.25, 0.3) is 0 Å². The number of nitrogens with zero attached hydrogens (tertiary/aromatic N) is 1. The van der Waals surface area contributed by atoms with Crippen LogP contribution in [-0.2, 0) is 16.0 Å². The molecular weight excluding hydrogens is 266 g/mol. The minimum absolute atomic E-state index is 0.00752. The lowest BCUT2D eigenvalue weighted by molar-refractivity contribution is -0.133. The Morgan fingerprint density at radius 1 is 1.19 bits per heavy atom. The van der Waals surface area contributed by atoms with E-state index in [-0.39, 0.29) is 18.4 Å². The van der Waals surface area contributed by atoms with E-state index in [1.54, 1.807) is 0 Å². The van der Waals surface area contributed by atoms with Crippen molar-refractivity contribution in [2.24, 2.45) is 11.7 Å². The summed E-state index contributed by atoms with van der Waals surface area (Å²) in [6.07, 6.45) is 2.23. The van der Waals surface area contributed by atoms with Gasteiger partial charge in [0.05, 0.1) is 13.0 Å². The molecule has 3 N–H and O–H groups in total. The average Bonchev–Trinajstić information content (AvgIpc) is 2.53. The van der Waals surface area contributed by atoms with Crippen LogP contribution in [0.15, 0.2) is 30.3 Å². The summed E-state index contributed by atoms with van der Waals surface area (Å²) in [4.78, 5) is 25.6. The predicted octanol–water partition coefficient (Wildman–Crippen LogP) is 0.543. The first-order valence-corrected chi connectivity index (χ1v) is 7.47. The number of amides is 2. The van der Waals surface area contributed by atoms with Crippen molar-refractivity contribution in [3.05, 3.63) is 35.9 Å². The molecule has 1 aliphatic heterocycles. The number of hydrogen-bond donors (Lipinski definition) is 2. The van der Waals surface area contributed by atoms with Crippen molar-refractivity contribution < 1.29 is 9.59 Å². The van der Waals surface area contributed by atoms with Crippen LogP contribution in [0.5, 0.6) is 0 Å². The summed E-state index contributed by atoms with van der Waals surface area (Å²) < 4.78 is 0. The summed E-state index contributed by atoms with van der Waals surface area (Å²) in [5.74, 6) is 0.403. The molecule has 0 aliphatic carbocycles. The molecule has 1 heterocycles. The van der Waals surface area contributed by atoms with Crippen molar-refractivity contribution in [2.75, 3.05) is 26.2 Å². The number of nitrogens with one attached hydrogen (secondary N) is 1. The minimum atomic E-state index is -0.119. The molecule has 0 aromatic heterocycles. The largest absolute Gasteiger partial charge is 0.347 e. The summed E-state index contributed by atoms with van der Waals surface area (Å²) in [6, 6.07) is 9.51. The van der Waals surface area contributed by atoms with Crippen LogP contribution in [-0.4, -0.2) is 42.9 Å². The molecule has 1 saturated heterocycles. The second kappa shape index (κ2) is 7.78. The Bertz CT molecular complexity index is 468. The lowest BCUT2D eigenvalue weighted by Crippen LogP contribution is -2.45. The highest BCUT2D eigenvalue weighted by Crippen LogP contribution is 2.15. The van der Waals surface area contributed by atoms with Crippen molar-refractivity contribution in [3.63, 3.8) is 0 Å². The smallest absolute Gasteiger partial charge is 0.241 e. The maximum absolute atomic E-state index is 12.0. The lowest BCUT2D eigenvalue weighted by Gasteiger charge is -2.31. The Kier molecular flexibility index (Phi) is 5.75. The molecule has 0 saturated carbocycles. The van der Waals surface area contributed by atoms with E-state index in [1.807, 2.05) is 35.2 Å². The van der Waals surface area contributed by atoms with E-state index >= 15 is 0 Å². The SMILES string of the molecule is NCC1CCN(C(=O)CNC(=O)Cc2ccccc2)CC1. The third-order valence-electron chi connectivity index (χ3n) is 3.94. The number of nitrogens with two attached hydrogens (primary N) is 1. The van der Waals surface area contributed by atoms with Crippen LogP contribution in [0.3, 0.4) is 0 Å². The number of piperidine rings is 1. The fraction of sp³-hybridized carbons (Fsp3) is 0.500. The maximum atomic E-state index is 12.0. The van der Waals surface area contributed by atoms with E-state index < -0.39 is 0 Å². The average molecular weight is 289 g/mol. The van der Waals surface area contributed by atoms with E-state index in [1.165, 1.54) is 0 Å². The molecular formula is C16H23N3O2. The molecule has 0 radical (unpaired) electrons. The van der Waals surface area contributed by atoms with Gasteiger partial charge in [0.15, 0.2) is 0 Å². The number of likely N-dealkylation sites (tertiary alicyclic amines) is 1. The van der Waals surface area contributed by atoms with Gasteiger partial charge < -0.3 is 16.0 Å². The van der Waals surface area contributed by atoms with Crippen molar-refractivity contribution >= 4 is 11.8 Å². The lowest BCUT2D eigenvalue weighted by atomic mass is 9.97. The fourth-order valence-electron chi connectivity index (χ4n) is 2.55. The highest BCUT2D eigenvalue weighted by atomic mass is 16.2. The first kappa shape index (κ1) is 15.5. The van der Waals surface area contributed by atoms with E-state index in [2.05, 4.69) is 5.32 Å². The molecule has 0 spiro atoms. The molecule has 2 rings (SSSR count). The van der Waals surface area contributed by atoms with Gasteiger partial charge in [0, 0.05) is 13.1 Å². The van der Waals surface area contributed by atoms with Gasteiger partial charge in [-0.2, -0.15) is 0 Å². The van der Waals surface area contributed by atoms with Crippen LogP contribution >= 0.6 is 0 Å². The zero-order valence-corrected chi connectivity index (χ0v) is 12.3. The molecule has 0 unspecified atom stereocenters. The normalized spacial score (nSPS) is 15.8. The topological polar surface area (TPSA) is 75.4 Å². The summed E-state index contributed by atoms with van der Waals surface area (Å²) in [6.45, 7) is 2.26. The van der Waals surface area contributed by atoms with Crippen molar-refractivity contribution in [1.29, 1.82) is 0 Å². The van der Waals surface area contributed by atoms with Gasteiger partial charge in [-0.3, -0.25) is 9.59 Å². The minimum Gasteiger partial charge on any atom is -0.347 e. The zero-order valence-electron chi connectivity index (χ0n) is 12.3. The number of benzene rings is 1. The Morgan fingerprint density at radius 3 is 2.48 bits per heavy atom. The molecule has 1 aromatic rings. The van der Waals surface area contributed by atoms with Gasteiger partial charge in [-0.25, -0.2) is 0 Å². The molecule has 21 heavy (non-hydrogen) atoms. The second-order valence-electron chi connectivity index (χ2n) is 5.50. The first-order valence-electron chi connectivity index (χ1n) is 7.47. The molecule has 1 fully saturated rings.